The molecule has 0 saturated heterocycles. The molecule has 21 heavy (non-hydrogen) atoms. The number of amides is 1. The summed E-state index contributed by atoms with van der Waals surface area (Å²) < 4.78 is 5.49. The molecule has 0 aliphatic rings. The van der Waals surface area contributed by atoms with Crippen LogP contribution in [0.25, 0.3) is 0 Å². The molecular formula is C14H22N2O4S. The maximum absolute atomic E-state index is 11.8. The third kappa shape index (κ3) is 7.77. The molecule has 1 aromatic rings. The van der Waals surface area contributed by atoms with Gasteiger partial charge in [-0.15, -0.1) is 11.3 Å². The molecule has 0 spiro atoms. The number of carbonyl (C=O) groups excluding carboxylic acids is 1. The Morgan fingerprint density at radius 3 is 2.71 bits per heavy atom. The predicted molar refractivity (Wildman–Crippen MR) is 80.3 cm³/mol. The van der Waals surface area contributed by atoms with Crippen LogP contribution >= 0.6 is 11.3 Å². The van der Waals surface area contributed by atoms with Crippen LogP contribution in [0.3, 0.4) is 0 Å². The average Bonchev–Trinajstić information content (AvgIpc) is 2.86. The monoisotopic (exact) mass is 314 g/mol. The molecule has 0 fully saturated rings. The summed E-state index contributed by atoms with van der Waals surface area (Å²) in [6.45, 7) is 5.98. The SMILES string of the molecule is CC(C)(C)OCCC(NC(=O)CCc1cscn1)C(=O)O. The van der Waals surface area contributed by atoms with E-state index < -0.39 is 12.0 Å². The number of carbonyl (C=O) groups is 2. The molecule has 1 amide bonds. The van der Waals surface area contributed by atoms with Crippen molar-refractivity contribution in [1.82, 2.24) is 10.3 Å². The molecule has 0 saturated carbocycles. The van der Waals surface area contributed by atoms with Gasteiger partial charge in [-0.25, -0.2) is 9.78 Å². The van der Waals surface area contributed by atoms with Crippen LogP contribution in [0.1, 0.15) is 39.3 Å². The lowest BCUT2D eigenvalue weighted by molar-refractivity contribution is -0.142. The summed E-state index contributed by atoms with van der Waals surface area (Å²) in [4.78, 5) is 27.0. The van der Waals surface area contributed by atoms with Crippen molar-refractivity contribution in [3.63, 3.8) is 0 Å². The van der Waals surface area contributed by atoms with Crippen molar-refractivity contribution in [1.29, 1.82) is 0 Å². The van der Waals surface area contributed by atoms with Crippen LogP contribution < -0.4 is 5.32 Å². The molecule has 0 aromatic carbocycles. The summed E-state index contributed by atoms with van der Waals surface area (Å²) in [6, 6.07) is -0.921. The van der Waals surface area contributed by atoms with E-state index in [4.69, 9.17) is 9.84 Å². The largest absolute Gasteiger partial charge is 0.480 e. The smallest absolute Gasteiger partial charge is 0.326 e. The third-order valence-corrected chi connectivity index (χ3v) is 3.30. The molecule has 2 N–H and O–H groups in total. The van der Waals surface area contributed by atoms with Gasteiger partial charge in [-0.05, 0) is 27.2 Å². The van der Waals surface area contributed by atoms with E-state index in [0.717, 1.165) is 5.69 Å². The molecule has 1 atom stereocenters. The van der Waals surface area contributed by atoms with E-state index in [2.05, 4.69) is 10.3 Å². The highest BCUT2D eigenvalue weighted by Gasteiger charge is 2.21. The lowest BCUT2D eigenvalue weighted by atomic mass is 10.1. The van der Waals surface area contributed by atoms with Crippen LogP contribution in [0.15, 0.2) is 10.9 Å². The van der Waals surface area contributed by atoms with Gasteiger partial charge in [0, 0.05) is 24.8 Å². The summed E-state index contributed by atoms with van der Waals surface area (Å²) in [5, 5.41) is 13.5. The van der Waals surface area contributed by atoms with Crippen molar-refractivity contribution in [3.05, 3.63) is 16.6 Å². The Bertz CT molecular complexity index is 454. The molecule has 7 heteroatoms. The minimum absolute atomic E-state index is 0.230. The van der Waals surface area contributed by atoms with E-state index in [0.29, 0.717) is 6.42 Å². The number of rotatable bonds is 8. The van der Waals surface area contributed by atoms with Gasteiger partial charge in [-0.3, -0.25) is 4.79 Å². The highest BCUT2D eigenvalue weighted by atomic mass is 32.1. The first kappa shape index (κ1) is 17.6. The lowest BCUT2D eigenvalue weighted by Crippen LogP contribution is -2.42. The third-order valence-electron chi connectivity index (χ3n) is 2.67. The molecule has 6 nitrogen and oxygen atoms in total. The Morgan fingerprint density at radius 1 is 1.48 bits per heavy atom. The van der Waals surface area contributed by atoms with Gasteiger partial charge in [0.1, 0.15) is 6.04 Å². The molecule has 1 rings (SSSR count). The number of aromatic nitrogens is 1. The highest BCUT2D eigenvalue weighted by molar-refractivity contribution is 7.07. The zero-order valence-electron chi connectivity index (χ0n) is 12.6. The fourth-order valence-corrected chi connectivity index (χ4v) is 2.20. The van der Waals surface area contributed by atoms with Crippen molar-refractivity contribution in [2.75, 3.05) is 6.61 Å². The van der Waals surface area contributed by atoms with Crippen LogP contribution in [-0.2, 0) is 20.7 Å². The van der Waals surface area contributed by atoms with E-state index in [1.165, 1.54) is 11.3 Å². The number of nitrogens with zero attached hydrogens (tertiary/aromatic N) is 1. The number of hydrogen-bond acceptors (Lipinski definition) is 5. The standard InChI is InChI=1S/C14H22N2O4S/c1-14(2,3)20-7-6-11(13(18)19)16-12(17)5-4-10-8-21-9-15-10/h8-9,11H,4-7H2,1-3H3,(H,16,17)(H,18,19). The quantitative estimate of drug-likeness (QED) is 0.764. The van der Waals surface area contributed by atoms with Crippen LogP contribution in [0, 0.1) is 0 Å². The van der Waals surface area contributed by atoms with Crippen molar-refractivity contribution in [3.8, 4) is 0 Å². The lowest BCUT2D eigenvalue weighted by Gasteiger charge is -2.21. The van der Waals surface area contributed by atoms with Crippen LogP contribution in [0.5, 0.6) is 0 Å². The number of thiazole rings is 1. The molecule has 1 unspecified atom stereocenters. The van der Waals surface area contributed by atoms with Gasteiger partial charge in [0.05, 0.1) is 16.8 Å². The molecule has 1 aromatic heterocycles. The van der Waals surface area contributed by atoms with E-state index >= 15 is 0 Å². The fourth-order valence-electron chi connectivity index (χ4n) is 1.61. The maximum Gasteiger partial charge on any atom is 0.326 e. The van der Waals surface area contributed by atoms with Crippen molar-refractivity contribution >= 4 is 23.2 Å². The van der Waals surface area contributed by atoms with E-state index in [-0.39, 0.29) is 31.0 Å². The van der Waals surface area contributed by atoms with Gasteiger partial charge in [-0.2, -0.15) is 0 Å². The maximum atomic E-state index is 11.8. The number of aliphatic carboxylic acids is 1. The average molecular weight is 314 g/mol. The van der Waals surface area contributed by atoms with Crippen molar-refractivity contribution in [2.45, 2.75) is 51.7 Å². The first-order chi connectivity index (χ1) is 9.78. The summed E-state index contributed by atoms with van der Waals surface area (Å²) in [5.74, 6) is -1.33. The first-order valence-electron chi connectivity index (χ1n) is 6.81. The van der Waals surface area contributed by atoms with Gasteiger partial charge >= 0.3 is 5.97 Å². The number of hydrogen-bond donors (Lipinski definition) is 2. The number of nitrogens with one attached hydrogen (secondary N) is 1. The van der Waals surface area contributed by atoms with E-state index in [1.807, 2.05) is 26.2 Å². The Balaban J connectivity index is 2.35. The van der Waals surface area contributed by atoms with E-state index in [1.54, 1.807) is 5.51 Å². The molecular weight excluding hydrogens is 292 g/mol. The van der Waals surface area contributed by atoms with Gasteiger partial charge in [0.15, 0.2) is 0 Å². The Labute approximate surface area is 128 Å². The number of aryl methyl sites for hydroxylation is 1. The normalized spacial score (nSPS) is 12.9. The second-order valence-corrected chi connectivity index (χ2v) is 6.41. The molecule has 0 aliphatic heterocycles. The van der Waals surface area contributed by atoms with Gasteiger partial charge in [0.2, 0.25) is 5.91 Å². The Hall–Kier alpha value is -1.47. The minimum atomic E-state index is -1.05. The molecule has 0 radical (unpaired) electrons. The topological polar surface area (TPSA) is 88.5 Å². The van der Waals surface area contributed by atoms with Crippen LogP contribution in [0.2, 0.25) is 0 Å². The number of ether oxygens (including phenoxy) is 1. The summed E-state index contributed by atoms with van der Waals surface area (Å²) in [6.07, 6.45) is 0.989. The Morgan fingerprint density at radius 2 is 2.19 bits per heavy atom. The zero-order valence-corrected chi connectivity index (χ0v) is 13.4. The minimum Gasteiger partial charge on any atom is -0.480 e. The van der Waals surface area contributed by atoms with Gasteiger partial charge in [0.25, 0.3) is 0 Å². The van der Waals surface area contributed by atoms with Crippen molar-refractivity contribution in [2.24, 2.45) is 0 Å². The molecule has 118 valence electrons. The second-order valence-electron chi connectivity index (χ2n) is 5.69. The van der Waals surface area contributed by atoms with Gasteiger partial charge in [-0.1, -0.05) is 0 Å². The molecule has 1 heterocycles. The van der Waals surface area contributed by atoms with Crippen molar-refractivity contribution < 1.29 is 19.4 Å². The molecule has 0 bridgehead atoms. The van der Waals surface area contributed by atoms with Gasteiger partial charge < -0.3 is 15.2 Å². The van der Waals surface area contributed by atoms with Crippen LogP contribution in [-0.4, -0.2) is 40.2 Å². The molecule has 0 aliphatic carbocycles. The zero-order chi connectivity index (χ0) is 15.9. The van der Waals surface area contributed by atoms with E-state index in [9.17, 15) is 9.59 Å². The predicted octanol–water partition coefficient (Wildman–Crippen LogP) is 1.85. The summed E-state index contributed by atoms with van der Waals surface area (Å²) in [7, 11) is 0. The summed E-state index contributed by atoms with van der Waals surface area (Å²) >= 11 is 1.47. The van der Waals surface area contributed by atoms with Crippen LogP contribution in [0.4, 0.5) is 0 Å². The second kappa shape index (κ2) is 8.09. The first-order valence-corrected chi connectivity index (χ1v) is 7.75. The number of carboxylic acid groups (broad SMARTS) is 1. The summed E-state index contributed by atoms with van der Waals surface area (Å²) in [5.41, 5.74) is 2.23. The fraction of sp³-hybridized carbons (Fsp3) is 0.643. The Kier molecular flexibility index (Phi) is 6.77. The number of carboxylic acids is 1. The highest BCUT2D eigenvalue weighted by Crippen LogP contribution is 2.08.